The number of likely N-dealkylation sites (tertiary alicyclic amines) is 1. The first-order valence-corrected chi connectivity index (χ1v) is 6.59. The van der Waals surface area contributed by atoms with Crippen LogP contribution in [0.25, 0.3) is 0 Å². The highest BCUT2D eigenvalue weighted by Gasteiger charge is 2.45. The first kappa shape index (κ1) is 10.6. The lowest BCUT2D eigenvalue weighted by molar-refractivity contribution is -0.0122. The van der Waals surface area contributed by atoms with Gasteiger partial charge in [0.05, 0.1) is 17.8 Å². The first-order chi connectivity index (χ1) is 7.78. The van der Waals surface area contributed by atoms with Crippen molar-refractivity contribution in [3.63, 3.8) is 0 Å². The fourth-order valence-electron chi connectivity index (χ4n) is 3.22. The standard InChI is InChI=1S/C12H18ClN3/c13-11-9-14-16(10-11)8-7-15-6-5-12(15)3-1-2-4-12/h9-10H,1-8H2. The van der Waals surface area contributed by atoms with Gasteiger partial charge in [0.2, 0.25) is 0 Å². The summed E-state index contributed by atoms with van der Waals surface area (Å²) in [6.45, 7) is 3.36. The number of hydrogen-bond acceptors (Lipinski definition) is 2. The van der Waals surface area contributed by atoms with Crippen molar-refractivity contribution in [2.24, 2.45) is 0 Å². The summed E-state index contributed by atoms with van der Waals surface area (Å²) in [6, 6.07) is 0. The molecule has 2 heterocycles. The maximum Gasteiger partial charge on any atom is 0.0785 e. The number of nitrogens with zero attached hydrogens (tertiary/aromatic N) is 3. The van der Waals surface area contributed by atoms with Gasteiger partial charge in [-0.25, -0.2) is 0 Å². The van der Waals surface area contributed by atoms with Crippen molar-refractivity contribution in [3.05, 3.63) is 17.4 Å². The molecule has 2 fully saturated rings. The van der Waals surface area contributed by atoms with Crippen molar-refractivity contribution in [3.8, 4) is 0 Å². The summed E-state index contributed by atoms with van der Waals surface area (Å²) in [6.07, 6.45) is 10.7. The Kier molecular flexibility index (Phi) is 2.68. The van der Waals surface area contributed by atoms with Crippen LogP contribution in [0.15, 0.2) is 12.4 Å². The van der Waals surface area contributed by atoms with Crippen LogP contribution in [0.3, 0.4) is 0 Å². The summed E-state index contributed by atoms with van der Waals surface area (Å²) >= 11 is 5.85. The fraction of sp³-hybridized carbons (Fsp3) is 0.750. The van der Waals surface area contributed by atoms with E-state index in [0.29, 0.717) is 5.54 Å². The summed E-state index contributed by atoms with van der Waals surface area (Å²) in [5.41, 5.74) is 0.580. The Morgan fingerprint density at radius 1 is 1.25 bits per heavy atom. The maximum atomic E-state index is 5.85. The number of hydrogen-bond donors (Lipinski definition) is 0. The highest BCUT2D eigenvalue weighted by atomic mass is 35.5. The molecule has 1 saturated carbocycles. The molecule has 3 nitrogen and oxygen atoms in total. The van der Waals surface area contributed by atoms with Crippen LogP contribution in [0.2, 0.25) is 5.02 Å². The smallest absolute Gasteiger partial charge is 0.0785 e. The average molecular weight is 240 g/mol. The third kappa shape index (κ3) is 1.76. The van der Waals surface area contributed by atoms with E-state index in [4.69, 9.17) is 11.6 Å². The SMILES string of the molecule is Clc1cnn(CCN2CCC23CCCC3)c1. The van der Waals surface area contributed by atoms with E-state index in [1.807, 2.05) is 10.9 Å². The number of aromatic nitrogens is 2. The van der Waals surface area contributed by atoms with E-state index in [9.17, 15) is 0 Å². The summed E-state index contributed by atoms with van der Waals surface area (Å²) in [5.74, 6) is 0. The van der Waals surface area contributed by atoms with Crippen LogP contribution < -0.4 is 0 Å². The van der Waals surface area contributed by atoms with Crippen LogP contribution in [-0.4, -0.2) is 33.3 Å². The van der Waals surface area contributed by atoms with Crippen molar-refractivity contribution in [1.82, 2.24) is 14.7 Å². The van der Waals surface area contributed by atoms with E-state index in [2.05, 4.69) is 10.00 Å². The minimum Gasteiger partial charge on any atom is -0.296 e. The summed E-state index contributed by atoms with van der Waals surface area (Å²) in [5, 5.41) is 4.95. The van der Waals surface area contributed by atoms with Crippen LogP contribution in [0.1, 0.15) is 32.1 Å². The predicted molar refractivity (Wildman–Crippen MR) is 64.6 cm³/mol. The normalized spacial score (nSPS) is 23.8. The minimum absolute atomic E-state index is 0.580. The van der Waals surface area contributed by atoms with Gasteiger partial charge in [-0.15, -0.1) is 0 Å². The molecule has 3 rings (SSSR count). The molecule has 0 atom stereocenters. The van der Waals surface area contributed by atoms with Gasteiger partial charge >= 0.3 is 0 Å². The second-order valence-electron chi connectivity index (χ2n) is 5.09. The lowest BCUT2D eigenvalue weighted by atomic mass is 9.83. The van der Waals surface area contributed by atoms with Gasteiger partial charge in [-0.3, -0.25) is 9.58 Å². The van der Waals surface area contributed by atoms with E-state index in [1.54, 1.807) is 6.20 Å². The van der Waals surface area contributed by atoms with Crippen LogP contribution >= 0.6 is 11.6 Å². The molecule has 0 aromatic carbocycles. The topological polar surface area (TPSA) is 21.1 Å². The lowest BCUT2D eigenvalue weighted by Crippen LogP contribution is -2.58. The number of rotatable bonds is 3. The Morgan fingerprint density at radius 2 is 2.06 bits per heavy atom. The monoisotopic (exact) mass is 239 g/mol. The van der Waals surface area contributed by atoms with Crippen molar-refractivity contribution < 1.29 is 0 Å². The second kappa shape index (κ2) is 4.04. The fourth-order valence-corrected chi connectivity index (χ4v) is 3.37. The van der Waals surface area contributed by atoms with Crippen molar-refractivity contribution in [1.29, 1.82) is 0 Å². The predicted octanol–water partition coefficient (Wildman–Crippen LogP) is 2.56. The highest BCUT2D eigenvalue weighted by Crippen LogP contribution is 2.44. The van der Waals surface area contributed by atoms with E-state index >= 15 is 0 Å². The Balaban J connectivity index is 1.56. The van der Waals surface area contributed by atoms with E-state index < -0.39 is 0 Å². The molecule has 16 heavy (non-hydrogen) atoms. The molecule has 1 aliphatic carbocycles. The first-order valence-electron chi connectivity index (χ1n) is 6.22. The Hall–Kier alpha value is -0.540. The molecule has 4 heteroatoms. The molecule has 88 valence electrons. The highest BCUT2D eigenvalue weighted by molar-refractivity contribution is 6.30. The molecular weight excluding hydrogens is 222 g/mol. The Labute approximate surface area is 101 Å². The van der Waals surface area contributed by atoms with Gasteiger partial charge in [0.15, 0.2) is 0 Å². The molecule has 1 spiro atoms. The molecule has 0 bridgehead atoms. The van der Waals surface area contributed by atoms with Gasteiger partial charge in [-0.2, -0.15) is 5.10 Å². The van der Waals surface area contributed by atoms with Crippen molar-refractivity contribution in [2.45, 2.75) is 44.2 Å². The van der Waals surface area contributed by atoms with Gasteiger partial charge in [0, 0.05) is 24.8 Å². The molecule has 0 radical (unpaired) electrons. The van der Waals surface area contributed by atoms with E-state index in [1.165, 1.54) is 38.6 Å². The van der Waals surface area contributed by atoms with Crippen molar-refractivity contribution >= 4 is 11.6 Å². The molecule has 0 amide bonds. The van der Waals surface area contributed by atoms with Crippen LogP contribution in [-0.2, 0) is 6.54 Å². The summed E-state index contributed by atoms with van der Waals surface area (Å²) < 4.78 is 1.95. The lowest BCUT2D eigenvalue weighted by Gasteiger charge is -2.51. The second-order valence-corrected chi connectivity index (χ2v) is 5.53. The van der Waals surface area contributed by atoms with Crippen LogP contribution in [0.4, 0.5) is 0 Å². The van der Waals surface area contributed by atoms with Crippen LogP contribution in [0, 0.1) is 0 Å². The molecular formula is C12H18ClN3. The molecule has 2 aliphatic rings. The molecule has 1 saturated heterocycles. The Morgan fingerprint density at radius 3 is 2.62 bits per heavy atom. The quantitative estimate of drug-likeness (QED) is 0.809. The van der Waals surface area contributed by atoms with E-state index in [-0.39, 0.29) is 0 Å². The zero-order valence-corrected chi connectivity index (χ0v) is 10.3. The molecule has 1 aromatic heterocycles. The molecule has 0 unspecified atom stereocenters. The molecule has 1 aliphatic heterocycles. The van der Waals surface area contributed by atoms with Gasteiger partial charge in [0.1, 0.15) is 0 Å². The zero-order valence-electron chi connectivity index (χ0n) is 9.53. The third-order valence-electron chi connectivity index (χ3n) is 4.25. The van der Waals surface area contributed by atoms with Crippen molar-refractivity contribution in [2.75, 3.05) is 13.1 Å². The molecule has 0 N–H and O–H groups in total. The summed E-state index contributed by atoms with van der Waals surface area (Å²) in [4.78, 5) is 2.65. The third-order valence-corrected chi connectivity index (χ3v) is 4.45. The zero-order chi connectivity index (χ0) is 11.0. The largest absolute Gasteiger partial charge is 0.296 e. The maximum absolute atomic E-state index is 5.85. The Bertz CT molecular complexity index is 368. The van der Waals surface area contributed by atoms with Gasteiger partial charge < -0.3 is 0 Å². The van der Waals surface area contributed by atoms with Gasteiger partial charge in [-0.1, -0.05) is 24.4 Å². The van der Waals surface area contributed by atoms with Crippen LogP contribution in [0.5, 0.6) is 0 Å². The summed E-state index contributed by atoms with van der Waals surface area (Å²) in [7, 11) is 0. The average Bonchev–Trinajstić information content (AvgIpc) is 2.86. The minimum atomic E-state index is 0.580. The number of halogens is 1. The van der Waals surface area contributed by atoms with E-state index in [0.717, 1.165) is 18.1 Å². The van der Waals surface area contributed by atoms with Gasteiger partial charge in [-0.05, 0) is 19.3 Å². The molecule has 1 aromatic rings. The van der Waals surface area contributed by atoms with Gasteiger partial charge in [0.25, 0.3) is 0 Å².